The van der Waals surface area contributed by atoms with E-state index in [1.165, 1.54) is 23.7 Å². The zero-order valence-electron chi connectivity index (χ0n) is 15.1. The number of fused-ring (bicyclic) bond motifs is 1. The van der Waals surface area contributed by atoms with Crippen LogP contribution in [0.4, 0.5) is 24.7 Å². The Kier molecular flexibility index (Phi) is 4.55. The molecule has 0 bridgehead atoms. The minimum absolute atomic E-state index is 0.327. The van der Waals surface area contributed by atoms with Gasteiger partial charge in [0.25, 0.3) is 0 Å². The molecule has 0 amide bonds. The first-order valence-corrected chi connectivity index (χ1v) is 9.40. The first-order valence-electron chi connectivity index (χ1n) is 8.58. The average molecular weight is 399 g/mol. The van der Waals surface area contributed by atoms with Gasteiger partial charge >= 0.3 is 6.18 Å². The number of nitrogens with one attached hydrogen (secondary N) is 1. The predicted molar refractivity (Wildman–Crippen MR) is 107 cm³/mol. The summed E-state index contributed by atoms with van der Waals surface area (Å²) in [6.45, 7) is 4.03. The number of halogens is 3. The van der Waals surface area contributed by atoms with Crippen molar-refractivity contribution < 1.29 is 13.2 Å². The maximum atomic E-state index is 13.0. The molecule has 2 aromatic heterocycles. The van der Waals surface area contributed by atoms with Gasteiger partial charge in [0, 0.05) is 16.1 Å². The molecule has 0 spiro atoms. The van der Waals surface area contributed by atoms with E-state index in [-0.39, 0.29) is 0 Å². The van der Waals surface area contributed by atoms with Gasteiger partial charge in [-0.2, -0.15) is 13.2 Å². The molecule has 2 aromatic carbocycles. The lowest BCUT2D eigenvalue weighted by molar-refractivity contribution is -0.137. The van der Waals surface area contributed by atoms with Crippen molar-refractivity contribution in [3.05, 3.63) is 70.9 Å². The molecule has 2 heterocycles. The fraction of sp³-hybridized carbons (Fsp3) is 0.143. The molecule has 1 N–H and O–H groups in total. The summed E-state index contributed by atoms with van der Waals surface area (Å²) in [5, 5.41) is 3.86. The van der Waals surface area contributed by atoms with Gasteiger partial charge in [0.15, 0.2) is 0 Å². The van der Waals surface area contributed by atoms with Crippen molar-refractivity contribution in [3.8, 4) is 11.1 Å². The van der Waals surface area contributed by atoms with Gasteiger partial charge in [-0.15, -0.1) is 11.3 Å². The maximum Gasteiger partial charge on any atom is 0.416 e. The minimum Gasteiger partial charge on any atom is -0.340 e. The third kappa shape index (κ3) is 3.45. The average Bonchev–Trinajstić information content (AvgIpc) is 2.99. The van der Waals surface area contributed by atoms with Crippen LogP contribution >= 0.6 is 11.3 Å². The Hall–Kier alpha value is -2.93. The topological polar surface area (TPSA) is 37.8 Å². The van der Waals surface area contributed by atoms with Crippen LogP contribution in [-0.2, 0) is 6.18 Å². The van der Waals surface area contributed by atoms with Crippen LogP contribution in [0, 0.1) is 13.8 Å². The van der Waals surface area contributed by atoms with Crippen molar-refractivity contribution >= 4 is 33.1 Å². The van der Waals surface area contributed by atoms with E-state index in [1.807, 2.05) is 38.1 Å². The van der Waals surface area contributed by atoms with Crippen molar-refractivity contribution in [1.29, 1.82) is 0 Å². The third-order valence-corrected chi connectivity index (χ3v) is 5.47. The molecular formula is C21H16F3N3S. The van der Waals surface area contributed by atoms with Crippen LogP contribution < -0.4 is 5.32 Å². The number of thiophene rings is 1. The summed E-state index contributed by atoms with van der Waals surface area (Å²) >= 11 is 1.54. The van der Waals surface area contributed by atoms with Gasteiger partial charge in [-0.25, -0.2) is 9.97 Å². The van der Waals surface area contributed by atoms with Gasteiger partial charge in [-0.05, 0) is 37.6 Å². The van der Waals surface area contributed by atoms with Crippen molar-refractivity contribution in [2.45, 2.75) is 20.0 Å². The van der Waals surface area contributed by atoms with E-state index in [0.29, 0.717) is 11.5 Å². The summed E-state index contributed by atoms with van der Waals surface area (Å²) in [5.41, 5.74) is 2.79. The second kappa shape index (κ2) is 6.91. The van der Waals surface area contributed by atoms with E-state index >= 15 is 0 Å². The molecule has 28 heavy (non-hydrogen) atoms. The van der Waals surface area contributed by atoms with E-state index < -0.39 is 11.7 Å². The van der Waals surface area contributed by atoms with E-state index in [1.54, 1.807) is 6.07 Å². The van der Waals surface area contributed by atoms with Crippen molar-refractivity contribution in [3.63, 3.8) is 0 Å². The molecule has 0 unspecified atom stereocenters. The maximum absolute atomic E-state index is 13.0. The zero-order valence-corrected chi connectivity index (χ0v) is 15.9. The van der Waals surface area contributed by atoms with Crippen LogP contribution in [0.15, 0.2) is 54.9 Å². The fourth-order valence-corrected chi connectivity index (χ4v) is 4.13. The molecule has 0 aliphatic carbocycles. The van der Waals surface area contributed by atoms with Gasteiger partial charge < -0.3 is 5.32 Å². The SMILES string of the molecule is Cc1ccc(-c2c(C)sc3ncnc(Nc4cccc(C(F)(F)F)c4)c23)cc1. The molecule has 0 fully saturated rings. The Morgan fingerprint density at radius 3 is 2.43 bits per heavy atom. The minimum atomic E-state index is -4.40. The number of benzene rings is 2. The molecule has 3 nitrogen and oxygen atoms in total. The summed E-state index contributed by atoms with van der Waals surface area (Å²) in [5.74, 6) is 0.490. The van der Waals surface area contributed by atoms with Crippen LogP contribution in [-0.4, -0.2) is 9.97 Å². The normalized spacial score (nSPS) is 11.8. The van der Waals surface area contributed by atoms with Crippen molar-refractivity contribution in [1.82, 2.24) is 9.97 Å². The molecular weight excluding hydrogens is 383 g/mol. The van der Waals surface area contributed by atoms with Crippen molar-refractivity contribution in [2.75, 3.05) is 5.32 Å². The lowest BCUT2D eigenvalue weighted by atomic mass is 10.0. The first kappa shape index (κ1) is 18.4. The lowest BCUT2D eigenvalue weighted by Crippen LogP contribution is -2.05. The highest BCUT2D eigenvalue weighted by molar-refractivity contribution is 7.19. The molecule has 0 aliphatic rings. The second-order valence-electron chi connectivity index (χ2n) is 6.51. The number of hydrogen-bond acceptors (Lipinski definition) is 4. The third-order valence-electron chi connectivity index (χ3n) is 4.46. The standard InChI is InChI=1S/C21H16F3N3S/c1-12-6-8-14(9-7-12)17-13(2)28-20-18(17)19(25-11-26-20)27-16-5-3-4-15(10-16)21(22,23)24/h3-11H,1-2H3,(H,25,26,27). The Labute approximate surface area is 163 Å². The molecule has 0 saturated carbocycles. The highest BCUT2D eigenvalue weighted by atomic mass is 32.1. The molecule has 0 radical (unpaired) electrons. The lowest BCUT2D eigenvalue weighted by Gasteiger charge is -2.12. The van der Waals surface area contributed by atoms with Gasteiger partial charge in [-0.1, -0.05) is 35.9 Å². The number of hydrogen-bond donors (Lipinski definition) is 1. The quantitative estimate of drug-likeness (QED) is 0.415. The van der Waals surface area contributed by atoms with Crippen LogP contribution in [0.5, 0.6) is 0 Å². The largest absolute Gasteiger partial charge is 0.416 e. The Morgan fingerprint density at radius 2 is 1.71 bits per heavy atom. The summed E-state index contributed by atoms with van der Waals surface area (Å²) in [4.78, 5) is 10.5. The molecule has 4 aromatic rings. The van der Waals surface area contributed by atoms with Gasteiger partial charge in [0.2, 0.25) is 0 Å². The van der Waals surface area contributed by atoms with E-state index in [4.69, 9.17) is 0 Å². The molecule has 4 rings (SSSR count). The molecule has 7 heteroatoms. The van der Waals surface area contributed by atoms with E-state index in [2.05, 4.69) is 15.3 Å². The van der Waals surface area contributed by atoms with Crippen LogP contribution in [0.1, 0.15) is 16.0 Å². The number of aromatic nitrogens is 2. The number of anilines is 2. The summed E-state index contributed by atoms with van der Waals surface area (Å²) < 4.78 is 39.1. The molecule has 142 valence electrons. The molecule has 0 saturated heterocycles. The number of aryl methyl sites for hydroxylation is 2. The highest BCUT2D eigenvalue weighted by Gasteiger charge is 2.30. The highest BCUT2D eigenvalue weighted by Crippen LogP contribution is 2.41. The number of alkyl halides is 3. The smallest absolute Gasteiger partial charge is 0.340 e. The van der Waals surface area contributed by atoms with Gasteiger partial charge in [0.05, 0.1) is 10.9 Å². The molecule has 0 aliphatic heterocycles. The summed E-state index contributed by atoms with van der Waals surface area (Å²) in [6.07, 6.45) is -2.97. The van der Waals surface area contributed by atoms with Crippen LogP contribution in [0.25, 0.3) is 21.3 Å². The Bertz CT molecular complexity index is 1150. The fourth-order valence-electron chi connectivity index (χ4n) is 3.12. The zero-order chi connectivity index (χ0) is 19.9. The van der Waals surface area contributed by atoms with E-state index in [9.17, 15) is 13.2 Å². The van der Waals surface area contributed by atoms with Crippen molar-refractivity contribution in [2.24, 2.45) is 0 Å². The Morgan fingerprint density at radius 1 is 0.964 bits per heavy atom. The van der Waals surface area contributed by atoms with Gasteiger partial charge in [0.1, 0.15) is 17.0 Å². The van der Waals surface area contributed by atoms with E-state index in [0.717, 1.165) is 43.9 Å². The Balaban J connectivity index is 1.84. The summed E-state index contributed by atoms with van der Waals surface area (Å²) in [6, 6.07) is 13.2. The monoisotopic (exact) mass is 399 g/mol. The first-order chi connectivity index (χ1) is 13.3. The van der Waals surface area contributed by atoms with Crippen LogP contribution in [0.2, 0.25) is 0 Å². The molecule has 0 atom stereocenters. The summed E-state index contributed by atoms with van der Waals surface area (Å²) in [7, 11) is 0. The number of nitrogens with zero attached hydrogens (tertiary/aromatic N) is 2. The van der Waals surface area contributed by atoms with Crippen LogP contribution in [0.3, 0.4) is 0 Å². The predicted octanol–water partition coefficient (Wildman–Crippen LogP) is 6.74. The second-order valence-corrected chi connectivity index (χ2v) is 7.71. The number of rotatable bonds is 3. The van der Waals surface area contributed by atoms with Gasteiger partial charge in [-0.3, -0.25) is 0 Å².